The number of methoxy groups -OCH3 is 1. The molecule has 80 heavy (non-hydrogen) atoms. The summed E-state index contributed by atoms with van der Waals surface area (Å²) in [5, 5.41) is 29.0. The van der Waals surface area contributed by atoms with Gasteiger partial charge in [0.05, 0.1) is 33.2 Å². The number of unbranched alkanes of at least 4 members (excludes halogenated alkanes) is 2. The lowest BCUT2D eigenvalue weighted by molar-refractivity contribution is -0.141. The molecule has 24 nitrogen and oxygen atoms in total. The summed E-state index contributed by atoms with van der Waals surface area (Å²) in [4.78, 5) is 128. The van der Waals surface area contributed by atoms with E-state index in [1.165, 1.54) is 19.3 Å². The molecule has 3 heterocycles. The van der Waals surface area contributed by atoms with Crippen LogP contribution in [-0.4, -0.2) is 130 Å². The lowest BCUT2D eigenvalue weighted by Crippen LogP contribution is -2.54. The highest BCUT2D eigenvalue weighted by Crippen LogP contribution is 2.38. The Labute approximate surface area is 462 Å². The molecular weight excluding hydrogens is 1040 g/mol. The fourth-order valence-corrected chi connectivity index (χ4v) is 9.12. The van der Waals surface area contributed by atoms with Gasteiger partial charge in [0.25, 0.3) is 11.8 Å². The van der Waals surface area contributed by atoms with Gasteiger partial charge >= 0.3 is 18.0 Å². The van der Waals surface area contributed by atoms with Gasteiger partial charge < -0.3 is 66.0 Å². The second-order valence-electron chi connectivity index (χ2n) is 19.9. The number of carbonyl (C=O) groups excluding carboxylic acids is 8. The maximum absolute atomic E-state index is 13.8. The number of imide groups is 1. The normalized spacial score (nSPS) is 14.0. The molecule has 0 unspecified atom stereocenters. The number of nitrogens with one attached hydrogen (secondary N) is 4. The minimum atomic E-state index is -1.08. The molecule has 0 aromatic heterocycles. The number of primary amides is 1. The van der Waals surface area contributed by atoms with Crippen LogP contribution in [0.15, 0.2) is 60.7 Å². The van der Waals surface area contributed by atoms with Crippen molar-refractivity contribution in [2.24, 2.45) is 11.7 Å². The molecule has 430 valence electrons. The van der Waals surface area contributed by atoms with Crippen molar-refractivity contribution in [1.82, 2.24) is 30.7 Å². The Hall–Kier alpha value is -8.70. The third kappa shape index (κ3) is 17.9. The van der Waals surface area contributed by atoms with Gasteiger partial charge in [-0.2, -0.15) is 0 Å². The van der Waals surface area contributed by atoms with Crippen molar-refractivity contribution in [3.63, 3.8) is 0 Å². The summed E-state index contributed by atoms with van der Waals surface area (Å²) >= 11 is 0. The summed E-state index contributed by atoms with van der Waals surface area (Å²) in [5.41, 5.74) is 9.69. The van der Waals surface area contributed by atoms with Crippen molar-refractivity contribution in [1.29, 1.82) is 0 Å². The molecular formula is C56H70N8O16. The lowest BCUT2D eigenvalue weighted by Gasteiger charge is -2.25. The molecule has 3 aromatic rings. The van der Waals surface area contributed by atoms with E-state index >= 15 is 0 Å². The number of aliphatic carboxylic acids is 2. The Bertz CT molecular complexity index is 2800. The van der Waals surface area contributed by atoms with E-state index in [1.807, 2.05) is 12.1 Å². The molecule has 8 N–H and O–H groups in total. The largest absolute Gasteiger partial charge is 0.493 e. The van der Waals surface area contributed by atoms with Crippen LogP contribution >= 0.6 is 0 Å². The smallest absolute Gasteiger partial charge is 0.312 e. The Kier molecular flexibility index (Phi) is 22.2. The number of hydrogen-bond donors (Lipinski definition) is 7. The highest BCUT2D eigenvalue weighted by atomic mass is 16.5. The number of carbonyl (C=O) groups is 10. The van der Waals surface area contributed by atoms with E-state index < -0.39 is 41.9 Å². The van der Waals surface area contributed by atoms with Gasteiger partial charge in [0.1, 0.15) is 18.7 Å². The molecule has 3 aliphatic rings. The number of anilines is 1. The Morgan fingerprint density at radius 3 is 1.66 bits per heavy atom. The van der Waals surface area contributed by atoms with Crippen molar-refractivity contribution < 1.29 is 77.1 Å². The van der Waals surface area contributed by atoms with Gasteiger partial charge in [-0.05, 0) is 95.8 Å². The highest BCUT2D eigenvalue weighted by molar-refractivity contribution is 6.12. The first-order chi connectivity index (χ1) is 38.3. The number of ether oxygens (including phenoxy) is 4. The molecule has 0 radical (unpaired) electrons. The van der Waals surface area contributed by atoms with Crippen molar-refractivity contribution in [3.05, 3.63) is 88.5 Å². The molecule has 9 amide bonds. The third-order valence-corrected chi connectivity index (χ3v) is 13.5. The fourth-order valence-electron chi connectivity index (χ4n) is 9.12. The van der Waals surface area contributed by atoms with Crippen LogP contribution in [0.5, 0.6) is 23.0 Å². The zero-order valence-electron chi connectivity index (χ0n) is 45.2. The zero-order valence-corrected chi connectivity index (χ0v) is 45.2. The highest BCUT2D eigenvalue weighted by Gasteiger charge is 2.31. The van der Waals surface area contributed by atoms with Crippen molar-refractivity contribution in [2.75, 3.05) is 38.7 Å². The van der Waals surface area contributed by atoms with Crippen LogP contribution in [-0.2, 0) is 75.9 Å². The van der Waals surface area contributed by atoms with Crippen molar-refractivity contribution >= 4 is 65.0 Å². The molecule has 2 atom stereocenters. The number of carboxylic acids is 2. The molecule has 0 aliphatic carbocycles. The topological polar surface area (TPSA) is 332 Å². The Morgan fingerprint density at radius 2 is 1.15 bits per heavy atom. The van der Waals surface area contributed by atoms with E-state index in [4.69, 9.17) is 34.9 Å². The number of amides is 9. The molecule has 24 heteroatoms. The van der Waals surface area contributed by atoms with E-state index in [2.05, 4.69) is 21.3 Å². The Balaban J connectivity index is 1.05. The van der Waals surface area contributed by atoms with Crippen LogP contribution in [0.1, 0.15) is 112 Å². The fraction of sp³-hybridized carbons (Fsp3) is 0.464. The first-order valence-electron chi connectivity index (χ1n) is 26.6. The second kappa shape index (κ2) is 29.3. The number of nitrogens with two attached hydrogens (primary N) is 1. The first kappa shape index (κ1) is 60.5. The van der Waals surface area contributed by atoms with E-state index in [1.54, 1.807) is 60.0 Å². The average molecular weight is 1110 g/mol. The van der Waals surface area contributed by atoms with Crippen LogP contribution in [0.2, 0.25) is 0 Å². The molecule has 0 saturated carbocycles. The number of fused-ring (bicyclic) bond motifs is 2. The summed E-state index contributed by atoms with van der Waals surface area (Å²) in [5.74, 6) is -3.56. The quantitative estimate of drug-likeness (QED) is 0.0343. The standard InChI is InChI=1S/C56H70N8O16/c1-34(2)53(61-46(65)10-5-4-6-22-64-49(68)15-16-50(64)69)55(75)60-41(9-7-21-58-56(57)76)54(74)59-40-13-11-35(12-14-40)33-80-45-28-39-32-63(48(67)18-20-52(72)73)31-38(39)27-44(45)79-24-8-23-78-43-26-37-30-62(47(66)17-19-51(70)71)29-36(37)25-42(43)77-3/h11-16,25-28,34,41,53H,4-10,17-24,29-33H2,1-3H3,(H,59,74)(H,60,75)(H,61,65)(H,70,71)(H,72,73)(H3,57,58,76)/t41-,53-/m0/s1. The number of benzene rings is 3. The summed E-state index contributed by atoms with van der Waals surface area (Å²) in [6.07, 6.45) is 4.08. The van der Waals surface area contributed by atoms with Crippen molar-refractivity contribution in [3.8, 4) is 23.0 Å². The Morgan fingerprint density at radius 1 is 0.625 bits per heavy atom. The molecule has 3 aromatic carbocycles. The molecule has 6 rings (SSSR count). The van der Waals surface area contributed by atoms with Gasteiger partial charge in [-0.1, -0.05) is 32.4 Å². The van der Waals surface area contributed by atoms with Gasteiger partial charge in [-0.15, -0.1) is 0 Å². The number of urea groups is 1. The van der Waals surface area contributed by atoms with E-state index in [-0.39, 0.29) is 126 Å². The maximum Gasteiger partial charge on any atom is 0.312 e. The summed E-state index contributed by atoms with van der Waals surface area (Å²) < 4.78 is 24.3. The van der Waals surface area contributed by atoms with Crippen LogP contribution < -0.4 is 45.9 Å². The van der Waals surface area contributed by atoms with Gasteiger partial charge in [0, 0.05) is 82.8 Å². The van der Waals surface area contributed by atoms with Gasteiger partial charge in [-0.3, -0.25) is 48.1 Å². The zero-order chi connectivity index (χ0) is 57.9. The molecule has 3 aliphatic heterocycles. The van der Waals surface area contributed by atoms with E-state index in [0.717, 1.165) is 27.2 Å². The maximum atomic E-state index is 13.8. The lowest BCUT2D eigenvalue weighted by atomic mass is 10.0. The van der Waals surface area contributed by atoms with Crippen LogP contribution in [0, 0.1) is 5.92 Å². The number of carboxylic acid groups (broad SMARTS) is 2. The van der Waals surface area contributed by atoms with Gasteiger partial charge in [0.15, 0.2) is 23.0 Å². The minimum Gasteiger partial charge on any atom is -0.493 e. The predicted octanol–water partition coefficient (Wildman–Crippen LogP) is 4.03. The molecule has 0 spiro atoms. The number of nitrogens with zero attached hydrogens (tertiary/aromatic N) is 3. The van der Waals surface area contributed by atoms with Gasteiger partial charge in [0.2, 0.25) is 29.5 Å². The van der Waals surface area contributed by atoms with Crippen molar-refractivity contribution in [2.45, 2.75) is 129 Å². The van der Waals surface area contributed by atoms with Crippen LogP contribution in [0.25, 0.3) is 0 Å². The second-order valence-corrected chi connectivity index (χ2v) is 19.9. The molecule has 0 saturated heterocycles. The predicted molar refractivity (Wildman–Crippen MR) is 287 cm³/mol. The SMILES string of the molecule is COc1cc2c(cc1OCCCOc1cc3c(cc1OCc1ccc(NC(=O)[C@H](CCCNC(N)=O)NC(=O)[C@@H](NC(=O)CCCCCN4C(=O)C=CC4=O)C(C)C)cc1)CN(C(=O)CCC(=O)O)C3)CN(C(=O)CCC(=O)O)C2. The monoisotopic (exact) mass is 1110 g/mol. The van der Waals surface area contributed by atoms with Crippen LogP contribution in [0.4, 0.5) is 10.5 Å². The van der Waals surface area contributed by atoms with E-state index in [9.17, 15) is 47.9 Å². The minimum absolute atomic E-state index is 0.0562. The number of hydrogen-bond acceptors (Lipinski definition) is 14. The van der Waals surface area contributed by atoms with E-state index in [0.29, 0.717) is 73.0 Å². The summed E-state index contributed by atoms with van der Waals surface area (Å²) in [6, 6.07) is 11.2. The average Bonchev–Trinajstić information content (AvgIpc) is 4.20. The first-order valence-corrected chi connectivity index (χ1v) is 26.6. The van der Waals surface area contributed by atoms with Crippen LogP contribution in [0.3, 0.4) is 0 Å². The molecule has 0 fully saturated rings. The van der Waals surface area contributed by atoms with Gasteiger partial charge in [-0.25, -0.2) is 4.79 Å². The summed E-state index contributed by atoms with van der Waals surface area (Å²) in [7, 11) is 1.51. The summed E-state index contributed by atoms with van der Waals surface area (Å²) in [6.45, 7) is 5.49. The molecule has 0 bridgehead atoms. The number of rotatable bonds is 32. The third-order valence-electron chi connectivity index (χ3n) is 13.5.